The molecule has 1 aliphatic rings. The van der Waals surface area contributed by atoms with E-state index in [-0.39, 0.29) is 0 Å². The van der Waals surface area contributed by atoms with Gasteiger partial charge in [-0.3, -0.25) is 0 Å². The van der Waals surface area contributed by atoms with Crippen LogP contribution in [0.3, 0.4) is 0 Å². The standard InChI is InChI=1S/C21H12N2O2/c24-18(25)10-8-12-7-9-16-17(11-12)23-21-15-6-2-4-13-3-1-5-14(19(13)15)20(21)22-16/h1-11H,(H,24,25)/b10-8+. The van der Waals surface area contributed by atoms with Crippen molar-refractivity contribution < 1.29 is 9.90 Å². The Morgan fingerprint density at radius 1 is 0.880 bits per heavy atom. The minimum Gasteiger partial charge on any atom is -0.478 e. The summed E-state index contributed by atoms with van der Waals surface area (Å²) in [6.45, 7) is 0. The van der Waals surface area contributed by atoms with E-state index in [9.17, 15) is 4.79 Å². The molecule has 1 heterocycles. The van der Waals surface area contributed by atoms with Gasteiger partial charge in [-0.25, -0.2) is 14.8 Å². The monoisotopic (exact) mass is 324 g/mol. The highest BCUT2D eigenvalue weighted by atomic mass is 16.4. The van der Waals surface area contributed by atoms with Crippen LogP contribution in [-0.4, -0.2) is 21.0 Å². The summed E-state index contributed by atoms with van der Waals surface area (Å²) in [6.07, 6.45) is 2.69. The molecule has 0 spiro atoms. The lowest BCUT2D eigenvalue weighted by atomic mass is 10.0. The van der Waals surface area contributed by atoms with Crippen LogP contribution >= 0.6 is 0 Å². The van der Waals surface area contributed by atoms with E-state index in [0.717, 1.165) is 45.2 Å². The molecule has 0 saturated heterocycles. The van der Waals surface area contributed by atoms with E-state index < -0.39 is 5.97 Å². The second kappa shape index (κ2) is 4.98. The average molecular weight is 324 g/mol. The molecule has 0 bridgehead atoms. The van der Waals surface area contributed by atoms with E-state index in [1.165, 1.54) is 10.8 Å². The summed E-state index contributed by atoms with van der Waals surface area (Å²) < 4.78 is 0. The van der Waals surface area contributed by atoms with Crippen molar-refractivity contribution in [1.29, 1.82) is 0 Å². The summed E-state index contributed by atoms with van der Waals surface area (Å²) in [5.41, 5.74) is 6.37. The Morgan fingerprint density at radius 3 is 2.24 bits per heavy atom. The smallest absolute Gasteiger partial charge is 0.328 e. The molecule has 0 radical (unpaired) electrons. The van der Waals surface area contributed by atoms with E-state index in [4.69, 9.17) is 15.1 Å². The maximum Gasteiger partial charge on any atom is 0.328 e. The van der Waals surface area contributed by atoms with Crippen molar-refractivity contribution in [2.45, 2.75) is 0 Å². The number of carboxylic acid groups (broad SMARTS) is 1. The van der Waals surface area contributed by atoms with Crippen molar-refractivity contribution in [3.05, 3.63) is 66.2 Å². The van der Waals surface area contributed by atoms with Crippen LogP contribution in [0.15, 0.2) is 60.7 Å². The molecule has 4 aromatic rings. The van der Waals surface area contributed by atoms with Crippen LogP contribution in [0.4, 0.5) is 0 Å². The van der Waals surface area contributed by atoms with Gasteiger partial charge in [0.05, 0.1) is 22.4 Å². The first-order valence-corrected chi connectivity index (χ1v) is 7.96. The third-order valence-electron chi connectivity index (χ3n) is 4.52. The van der Waals surface area contributed by atoms with Gasteiger partial charge in [0, 0.05) is 22.6 Å². The zero-order chi connectivity index (χ0) is 17.0. The number of carbonyl (C=O) groups is 1. The lowest BCUT2D eigenvalue weighted by molar-refractivity contribution is -0.131. The molecule has 1 N–H and O–H groups in total. The predicted molar refractivity (Wildman–Crippen MR) is 98.1 cm³/mol. The molecule has 0 atom stereocenters. The second-order valence-electron chi connectivity index (χ2n) is 6.05. The molecule has 1 aromatic heterocycles. The second-order valence-corrected chi connectivity index (χ2v) is 6.05. The molecule has 3 aromatic carbocycles. The molecule has 5 rings (SSSR count). The molecule has 0 saturated carbocycles. The van der Waals surface area contributed by atoms with E-state index >= 15 is 0 Å². The van der Waals surface area contributed by atoms with E-state index in [0.29, 0.717) is 0 Å². The molecule has 4 heteroatoms. The number of rotatable bonds is 2. The zero-order valence-electron chi connectivity index (χ0n) is 13.1. The van der Waals surface area contributed by atoms with Gasteiger partial charge >= 0.3 is 5.97 Å². The number of aliphatic carboxylic acids is 1. The number of carboxylic acids is 1. The Kier molecular flexibility index (Phi) is 2.76. The van der Waals surface area contributed by atoms with Crippen LogP contribution in [0, 0.1) is 0 Å². The molecule has 0 aliphatic heterocycles. The first-order valence-electron chi connectivity index (χ1n) is 7.96. The van der Waals surface area contributed by atoms with Gasteiger partial charge in [0.15, 0.2) is 0 Å². The highest BCUT2D eigenvalue weighted by Gasteiger charge is 2.24. The summed E-state index contributed by atoms with van der Waals surface area (Å²) in [7, 11) is 0. The number of aromatic nitrogens is 2. The van der Waals surface area contributed by atoms with Gasteiger partial charge in [0.2, 0.25) is 0 Å². The molecule has 0 unspecified atom stereocenters. The highest BCUT2D eigenvalue weighted by Crippen LogP contribution is 2.45. The summed E-state index contributed by atoms with van der Waals surface area (Å²) >= 11 is 0. The largest absolute Gasteiger partial charge is 0.478 e. The summed E-state index contributed by atoms with van der Waals surface area (Å²) in [6, 6.07) is 18.0. The minimum atomic E-state index is -0.970. The molecular weight excluding hydrogens is 312 g/mol. The van der Waals surface area contributed by atoms with Gasteiger partial charge in [-0.1, -0.05) is 42.5 Å². The Morgan fingerprint density at radius 2 is 1.56 bits per heavy atom. The van der Waals surface area contributed by atoms with Crippen LogP contribution in [0.1, 0.15) is 5.56 Å². The van der Waals surface area contributed by atoms with Crippen LogP contribution in [0.5, 0.6) is 0 Å². The Bertz CT molecular complexity index is 1220. The molecule has 118 valence electrons. The third-order valence-corrected chi connectivity index (χ3v) is 4.52. The molecule has 25 heavy (non-hydrogen) atoms. The normalized spacial score (nSPS) is 12.2. The number of hydrogen-bond donors (Lipinski definition) is 1. The Hall–Kier alpha value is -3.53. The number of nitrogens with zero attached hydrogens (tertiary/aromatic N) is 2. The molecule has 1 aliphatic carbocycles. The van der Waals surface area contributed by atoms with Crippen LogP contribution < -0.4 is 0 Å². The lowest BCUT2D eigenvalue weighted by Gasteiger charge is -2.04. The van der Waals surface area contributed by atoms with E-state index in [2.05, 4.69) is 24.3 Å². The fourth-order valence-corrected chi connectivity index (χ4v) is 3.45. The minimum absolute atomic E-state index is 0.760. The van der Waals surface area contributed by atoms with E-state index in [1.807, 2.05) is 30.3 Å². The van der Waals surface area contributed by atoms with Gasteiger partial charge in [0.1, 0.15) is 0 Å². The Labute approximate surface area is 143 Å². The van der Waals surface area contributed by atoms with Gasteiger partial charge in [0.25, 0.3) is 0 Å². The number of hydrogen-bond acceptors (Lipinski definition) is 3. The number of benzene rings is 3. The summed E-state index contributed by atoms with van der Waals surface area (Å²) in [5, 5.41) is 11.2. The van der Waals surface area contributed by atoms with Crippen molar-refractivity contribution in [3.63, 3.8) is 0 Å². The van der Waals surface area contributed by atoms with Crippen LogP contribution in [0.2, 0.25) is 0 Å². The summed E-state index contributed by atoms with van der Waals surface area (Å²) in [4.78, 5) is 20.4. The lowest BCUT2D eigenvalue weighted by Crippen LogP contribution is -1.91. The maximum absolute atomic E-state index is 10.7. The van der Waals surface area contributed by atoms with Gasteiger partial charge < -0.3 is 5.11 Å². The molecule has 0 fully saturated rings. The van der Waals surface area contributed by atoms with Crippen molar-refractivity contribution in [1.82, 2.24) is 9.97 Å². The quantitative estimate of drug-likeness (QED) is 0.485. The first kappa shape index (κ1) is 13.9. The van der Waals surface area contributed by atoms with Crippen molar-refractivity contribution in [2.75, 3.05) is 0 Å². The van der Waals surface area contributed by atoms with E-state index in [1.54, 1.807) is 6.08 Å². The van der Waals surface area contributed by atoms with Crippen LogP contribution in [-0.2, 0) is 4.79 Å². The zero-order valence-corrected chi connectivity index (χ0v) is 13.1. The van der Waals surface area contributed by atoms with Crippen molar-refractivity contribution in [2.24, 2.45) is 0 Å². The SMILES string of the molecule is O=C(O)/C=C/c1ccc2nc3c(nc2c1)-c1cccc2cccc-3c12. The van der Waals surface area contributed by atoms with Gasteiger partial charge in [-0.15, -0.1) is 0 Å². The molecular formula is C21H12N2O2. The molecule has 4 nitrogen and oxygen atoms in total. The first-order chi connectivity index (χ1) is 12.2. The fraction of sp³-hybridized carbons (Fsp3) is 0. The summed E-state index contributed by atoms with van der Waals surface area (Å²) in [5.74, 6) is -0.970. The average Bonchev–Trinajstić information content (AvgIpc) is 2.94. The van der Waals surface area contributed by atoms with Crippen molar-refractivity contribution in [3.8, 4) is 22.5 Å². The topological polar surface area (TPSA) is 63.1 Å². The maximum atomic E-state index is 10.7. The molecule has 0 amide bonds. The third kappa shape index (κ3) is 2.04. The number of fused-ring (bicyclic) bond motifs is 4. The Balaban J connectivity index is 1.77. The highest BCUT2D eigenvalue weighted by molar-refractivity contribution is 6.14. The predicted octanol–water partition coefficient (Wildman–Crippen LogP) is 4.53. The van der Waals surface area contributed by atoms with Crippen molar-refractivity contribution >= 4 is 33.9 Å². The van der Waals surface area contributed by atoms with Gasteiger partial charge in [-0.05, 0) is 29.2 Å². The van der Waals surface area contributed by atoms with Crippen LogP contribution in [0.25, 0.3) is 50.4 Å². The fourth-order valence-electron chi connectivity index (χ4n) is 3.45. The van der Waals surface area contributed by atoms with Gasteiger partial charge in [-0.2, -0.15) is 0 Å².